The summed E-state index contributed by atoms with van der Waals surface area (Å²) in [5.74, 6) is 0. The largest absolute Gasteiger partial charge is 1.00 e. The van der Waals surface area contributed by atoms with Gasteiger partial charge in [-0.05, 0) is 0 Å². The van der Waals surface area contributed by atoms with E-state index >= 15 is 0 Å². The van der Waals surface area contributed by atoms with E-state index in [2.05, 4.69) is 14.1 Å². The lowest BCUT2D eigenvalue weighted by atomic mass is 10.4. The molecular weight excluding hydrogens is 198 g/mol. The van der Waals surface area contributed by atoms with Crippen molar-refractivity contribution in [1.82, 2.24) is 0 Å². The first-order valence-electron chi connectivity index (χ1n) is 3.22. The lowest BCUT2D eigenvalue weighted by Gasteiger charge is -2.35. The summed E-state index contributed by atoms with van der Waals surface area (Å²) in [6, 6.07) is 0. The van der Waals surface area contributed by atoms with Crippen LogP contribution in [0.15, 0.2) is 0 Å². The molecule has 0 aliphatic carbocycles. The monoisotopic (exact) mass is 211 g/mol. The number of quaternary nitrogens is 1. The Morgan fingerprint density at radius 2 is 2.10 bits per heavy atom. The predicted molar refractivity (Wildman–Crippen MR) is 33.8 cm³/mol. The summed E-state index contributed by atoms with van der Waals surface area (Å²) in [6.45, 7) is 2.38. The van der Waals surface area contributed by atoms with E-state index in [1.54, 1.807) is 0 Å². The first-order valence-corrected chi connectivity index (χ1v) is 3.22. The minimum Gasteiger partial charge on any atom is -1.00 e. The van der Waals surface area contributed by atoms with E-state index in [-0.39, 0.29) is 17.0 Å². The highest BCUT2D eigenvalue weighted by molar-refractivity contribution is 4.46. The van der Waals surface area contributed by atoms with E-state index < -0.39 is 6.29 Å². The molecule has 1 rings (SSSR count). The molecule has 0 amide bonds. The second-order valence-electron chi connectivity index (χ2n) is 3.17. The molecule has 4 heteroatoms. The Morgan fingerprint density at radius 1 is 1.50 bits per heavy atom. The summed E-state index contributed by atoms with van der Waals surface area (Å²) in [6.07, 6.45) is -0.547. The third kappa shape index (κ3) is 2.96. The number of hydrogen-bond donors (Lipinski definition) is 1. The number of halogens is 1. The molecule has 0 aromatic rings. The lowest BCUT2D eigenvalue weighted by Crippen LogP contribution is -3.00. The molecule has 0 bridgehead atoms. The van der Waals surface area contributed by atoms with Crippen molar-refractivity contribution in [2.45, 2.75) is 6.29 Å². The number of ether oxygens (including phenoxy) is 1. The Labute approximate surface area is 71.9 Å². The Morgan fingerprint density at radius 3 is 2.40 bits per heavy atom. The summed E-state index contributed by atoms with van der Waals surface area (Å²) in [4.78, 5) is 0. The second kappa shape index (κ2) is 3.67. The molecule has 1 unspecified atom stereocenters. The van der Waals surface area contributed by atoms with Crippen molar-refractivity contribution >= 4 is 0 Å². The zero-order valence-electron chi connectivity index (χ0n) is 6.38. The van der Waals surface area contributed by atoms with Crippen LogP contribution in [0.1, 0.15) is 0 Å². The molecule has 0 aromatic heterocycles. The average Bonchev–Trinajstić information content (AvgIpc) is 1.60. The molecular formula is C6H14BrNO2. The number of hydrogen-bond acceptors (Lipinski definition) is 2. The summed E-state index contributed by atoms with van der Waals surface area (Å²) in [5, 5.41) is 9.01. The highest BCUT2D eigenvalue weighted by Gasteiger charge is 2.25. The van der Waals surface area contributed by atoms with Gasteiger partial charge in [-0.2, -0.15) is 0 Å². The molecule has 62 valence electrons. The van der Waals surface area contributed by atoms with Crippen molar-refractivity contribution in [3.8, 4) is 0 Å². The minimum absolute atomic E-state index is 0. The van der Waals surface area contributed by atoms with Crippen molar-refractivity contribution in [2.75, 3.05) is 33.8 Å². The van der Waals surface area contributed by atoms with Crippen molar-refractivity contribution in [2.24, 2.45) is 0 Å². The van der Waals surface area contributed by atoms with Crippen molar-refractivity contribution in [1.29, 1.82) is 0 Å². The van der Waals surface area contributed by atoms with Gasteiger partial charge in [0.15, 0.2) is 0 Å². The minimum atomic E-state index is -0.547. The van der Waals surface area contributed by atoms with Gasteiger partial charge in [0.1, 0.15) is 13.1 Å². The van der Waals surface area contributed by atoms with Crippen LogP contribution in [0.2, 0.25) is 0 Å². The van der Waals surface area contributed by atoms with E-state index in [0.717, 1.165) is 11.0 Å². The number of rotatable bonds is 0. The van der Waals surface area contributed by atoms with Crippen LogP contribution in [0.4, 0.5) is 0 Å². The summed E-state index contributed by atoms with van der Waals surface area (Å²) in [7, 11) is 4.18. The molecule has 0 saturated carbocycles. The van der Waals surface area contributed by atoms with Crippen LogP contribution < -0.4 is 17.0 Å². The van der Waals surface area contributed by atoms with E-state index in [4.69, 9.17) is 9.84 Å². The van der Waals surface area contributed by atoms with Gasteiger partial charge in [0.05, 0.1) is 20.7 Å². The lowest BCUT2D eigenvalue weighted by molar-refractivity contribution is -0.905. The topological polar surface area (TPSA) is 29.5 Å². The highest BCUT2D eigenvalue weighted by atomic mass is 79.9. The van der Waals surface area contributed by atoms with Crippen LogP contribution in [0.25, 0.3) is 0 Å². The SMILES string of the molecule is C[N+]1(C)CCOC(O)C1.[Br-]. The van der Waals surface area contributed by atoms with Crippen molar-refractivity contribution in [3.63, 3.8) is 0 Å². The number of nitrogens with zero attached hydrogens (tertiary/aromatic N) is 1. The molecule has 0 aromatic carbocycles. The van der Waals surface area contributed by atoms with Crippen molar-refractivity contribution < 1.29 is 31.3 Å². The van der Waals surface area contributed by atoms with Gasteiger partial charge in [0, 0.05) is 0 Å². The van der Waals surface area contributed by atoms with E-state index in [1.807, 2.05) is 0 Å². The van der Waals surface area contributed by atoms with Gasteiger partial charge < -0.3 is 31.3 Å². The molecule has 1 saturated heterocycles. The summed E-state index contributed by atoms with van der Waals surface area (Å²) < 4.78 is 5.82. The number of likely N-dealkylation sites (N-methyl/N-ethyl adjacent to an activating group) is 1. The zero-order valence-corrected chi connectivity index (χ0v) is 7.97. The fourth-order valence-electron chi connectivity index (χ4n) is 1.00. The molecule has 1 aliphatic rings. The second-order valence-corrected chi connectivity index (χ2v) is 3.17. The van der Waals surface area contributed by atoms with Gasteiger partial charge in [0.2, 0.25) is 6.29 Å². The zero-order chi connectivity index (χ0) is 6.91. The molecule has 0 radical (unpaired) electrons. The van der Waals surface area contributed by atoms with Crippen LogP contribution in [-0.2, 0) is 4.74 Å². The predicted octanol–water partition coefficient (Wildman–Crippen LogP) is -3.58. The smallest absolute Gasteiger partial charge is 0.205 e. The van der Waals surface area contributed by atoms with Gasteiger partial charge in [-0.15, -0.1) is 0 Å². The third-order valence-corrected chi connectivity index (χ3v) is 1.66. The van der Waals surface area contributed by atoms with E-state index in [9.17, 15) is 0 Å². The maximum absolute atomic E-state index is 9.01. The summed E-state index contributed by atoms with van der Waals surface area (Å²) >= 11 is 0. The maximum Gasteiger partial charge on any atom is 0.205 e. The van der Waals surface area contributed by atoms with Crippen LogP contribution >= 0.6 is 0 Å². The van der Waals surface area contributed by atoms with E-state index in [0.29, 0.717) is 13.2 Å². The maximum atomic E-state index is 9.01. The Balaban J connectivity index is 0.000000810. The van der Waals surface area contributed by atoms with Crippen LogP contribution in [0.3, 0.4) is 0 Å². The first kappa shape index (κ1) is 10.4. The average molecular weight is 212 g/mol. The first-order chi connectivity index (χ1) is 4.10. The highest BCUT2D eigenvalue weighted by Crippen LogP contribution is 2.06. The van der Waals surface area contributed by atoms with Gasteiger partial charge in [-0.1, -0.05) is 0 Å². The van der Waals surface area contributed by atoms with Crippen LogP contribution in [0.5, 0.6) is 0 Å². The van der Waals surface area contributed by atoms with Crippen LogP contribution in [0, 0.1) is 0 Å². The fourth-order valence-corrected chi connectivity index (χ4v) is 1.00. The Bertz CT molecular complexity index is 108. The third-order valence-electron chi connectivity index (χ3n) is 1.66. The van der Waals surface area contributed by atoms with Gasteiger partial charge in [-0.25, -0.2) is 0 Å². The fraction of sp³-hybridized carbons (Fsp3) is 1.00. The number of aliphatic hydroxyl groups excluding tert-OH is 1. The van der Waals surface area contributed by atoms with Crippen molar-refractivity contribution in [3.05, 3.63) is 0 Å². The molecule has 3 nitrogen and oxygen atoms in total. The van der Waals surface area contributed by atoms with Gasteiger partial charge in [0.25, 0.3) is 0 Å². The molecule has 1 aliphatic heterocycles. The molecule has 0 spiro atoms. The quantitative estimate of drug-likeness (QED) is 0.421. The Hall–Kier alpha value is 0.360. The molecule has 1 fully saturated rings. The molecule has 1 N–H and O–H groups in total. The number of morpholine rings is 1. The Kier molecular flexibility index (Phi) is 3.80. The van der Waals surface area contributed by atoms with E-state index in [1.165, 1.54) is 0 Å². The molecule has 1 atom stereocenters. The van der Waals surface area contributed by atoms with Gasteiger partial charge in [-0.3, -0.25) is 0 Å². The molecule has 1 heterocycles. The molecule has 10 heavy (non-hydrogen) atoms. The standard InChI is InChI=1S/C6H14NO2.BrH/c1-7(2)3-4-9-6(8)5-7;/h6,8H,3-5H2,1-2H3;1H/q+1;/p-1. The number of aliphatic hydroxyl groups is 1. The van der Waals surface area contributed by atoms with Gasteiger partial charge >= 0.3 is 0 Å². The normalized spacial score (nSPS) is 30.9. The van der Waals surface area contributed by atoms with Crippen LogP contribution in [-0.4, -0.2) is 49.7 Å². The summed E-state index contributed by atoms with van der Waals surface area (Å²) in [5.41, 5.74) is 0.